The summed E-state index contributed by atoms with van der Waals surface area (Å²) in [6.45, 7) is 0. The molecule has 1 N–H and O–H groups in total. The molecule has 0 aromatic heterocycles. The Balaban J connectivity index is 2.55. The van der Waals surface area contributed by atoms with Gasteiger partial charge in [0.2, 0.25) is 0 Å². The molecule has 2 rings (SSSR count). The third-order valence-electron chi connectivity index (χ3n) is 2.83. The smallest absolute Gasteiger partial charge is 0.0596 e. The zero-order valence-electron chi connectivity index (χ0n) is 10.1. The van der Waals surface area contributed by atoms with Crippen LogP contribution in [-0.4, -0.2) is 7.05 Å². The first-order valence-electron chi connectivity index (χ1n) is 5.60. The van der Waals surface area contributed by atoms with Gasteiger partial charge in [-0.05, 0) is 77.2 Å². The van der Waals surface area contributed by atoms with Crippen LogP contribution in [0.5, 0.6) is 0 Å². The van der Waals surface area contributed by atoms with Crippen molar-refractivity contribution in [2.45, 2.75) is 6.04 Å². The lowest BCUT2D eigenvalue weighted by Crippen LogP contribution is -2.19. The number of hydrogen-bond donors (Lipinski definition) is 1. The van der Waals surface area contributed by atoms with Crippen LogP contribution in [0.25, 0.3) is 0 Å². The summed E-state index contributed by atoms with van der Waals surface area (Å²) in [5.41, 5.74) is 2.48. The van der Waals surface area contributed by atoms with Gasteiger partial charge in [-0.25, -0.2) is 0 Å². The van der Waals surface area contributed by atoms with Crippen LogP contribution in [0.15, 0.2) is 49.8 Å². The largest absolute Gasteiger partial charge is 0.309 e. The quantitative estimate of drug-likeness (QED) is 0.463. The second-order valence-corrected chi connectivity index (χ2v) is 7.90. The lowest BCUT2D eigenvalue weighted by Gasteiger charge is -2.20. The Kier molecular flexibility index (Phi) is 5.90. The van der Waals surface area contributed by atoms with Crippen molar-refractivity contribution in [1.82, 2.24) is 5.32 Å². The molecule has 2 aromatic rings. The van der Waals surface area contributed by atoms with Crippen LogP contribution in [0.3, 0.4) is 0 Å². The van der Waals surface area contributed by atoms with Gasteiger partial charge in [-0.3, -0.25) is 0 Å². The average Bonchev–Trinajstić information content (AvgIpc) is 2.38. The molecule has 0 spiro atoms. The molecular weight excluding hydrogens is 549 g/mol. The van der Waals surface area contributed by atoms with Gasteiger partial charge < -0.3 is 5.32 Å². The first-order valence-corrected chi connectivity index (χ1v) is 9.06. The minimum atomic E-state index is 0.149. The molecule has 0 aliphatic rings. The van der Waals surface area contributed by atoms with Gasteiger partial charge in [-0.1, -0.05) is 47.8 Å². The van der Waals surface area contributed by atoms with Gasteiger partial charge in [-0.15, -0.1) is 0 Å². The Morgan fingerprint density at radius 3 is 2.16 bits per heavy atom. The van der Waals surface area contributed by atoms with Crippen LogP contribution < -0.4 is 5.32 Å². The highest BCUT2D eigenvalue weighted by atomic mass is 127. The van der Waals surface area contributed by atoms with E-state index < -0.39 is 0 Å². The van der Waals surface area contributed by atoms with Crippen molar-refractivity contribution in [3.05, 3.63) is 64.5 Å². The fourth-order valence-corrected chi connectivity index (χ4v) is 3.83. The van der Waals surface area contributed by atoms with Crippen molar-refractivity contribution in [1.29, 1.82) is 0 Å². The zero-order chi connectivity index (χ0) is 14.0. The summed E-state index contributed by atoms with van der Waals surface area (Å²) < 4.78 is 4.52. The van der Waals surface area contributed by atoms with Gasteiger partial charge in [0.05, 0.1) is 6.04 Å². The SMILES string of the molecule is CNC(c1cc(Br)ccc1Br)c1cc(Br)ccc1I. The van der Waals surface area contributed by atoms with E-state index in [1.807, 2.05) is 13.1 Å². The summed E-state index contributed by atoms with van der Waals surface area (Å²) in [7, 11) is 1.98. The molecule has 5 heteroatoms. The highest BCUT2D eigenvalue weighted by Crippen LogP contribution is 2.34. The second kappa shape index (κ2) is 7.02. The highest BCUT2D eigenvalue weighted by molar-refractivity contribution is 14.1. The minimum absolute atomic E-state index is 0.149. The van der Waals surface area contributed by atoms with Crippen molar-refractivity contribution in [3.63, 3.8) is 0 Å². The molecule has 1 unspecified atom stereocenters. The maximum absolute atomic E-state index is 3.64. The highest BCUT2D eigenvalue weighted by Gasteiger charge is 2.18. The fourth-order valence-electron chi connectivity index (χ4n) is 1.95. The van der Waals surface area contributed by atoms with Crippen LogP contribution in [0, 0.1) is 3.57 Å². The van der Waals surface area contributed by atoms with Crippen LogP contribution in [0.1, 0.15) is 17.2 Å². The molecule has 0 aliphatic carbocycles. The molecule has 0 fully saturated rings. The molecular formula is C14H11Br3IN. The third-order valence-corrected chi connectivity index (χ3v) is 5.52. The third kappa shape index (κ3) is 3.81. The molecule has 100 valence electrons. The Hall–Kier alpha value is 0.570. The summed E-state index contributed by atoms with van der Waals surface area (Å²) in [6.07, 6.45) is 0. The predicted molar refractivity (Wildman–Crippen MR) is 99.6 cm³/mol. The molecule has 0 radical (unpaired) electrons. The van der Waals surface area contributed by atoms with E-state index in [1.54, 1.807) is 0 Å². The molecule has 0 saturated carbocycles. The lowest BCUT2D eigenvalue weighted by atomic mass is 9.99. The number of halogens is 4. The van der Waals surface area contributed by atoms with E-state index in [9.17, 15) is 0 Å². The van der Waals surface area contributed by atoms with E-state index in [0.717, 1.165) is 13.4 Å². The molecule has 0 aliphatic heterocycles. The van der Waals surface area contributed by atoms with Crippen molar-refractivity contribution in [2.75, 3.05) is 7.05 Å². The maximum atomic E-state index is 3.64. The summed E-state index contributed by atoms with van der Waals surface area (Å²) in [6, 6.07) is 12.7. The first-order chi connectivity index (χ1) is 9.02. The van der Waals surface area contributed by atoms with Crippen LogP contribution >= 0.6 is 70.4 Å². The lowest BCUT2D eigenvalue weighted by molar-refractivity contribution is 0.685. The van der Waals surface area contributed by atoms with Crippen molar-refractivity contribution < 1.29 is 0 Å². The molecule has 0 saturated heterocycles. The average molecular weight is 560 g/mol. The van der Waals surface area contributed by atoms with E-state index in [2.05, 4.69) is 106 Å². The van der Waals surface area contributed by atoms with Gasteiger partial charge in [0.1, 0.15) is 0 Å². The summed E-state index contributed by atoms with van der Waals surface area (Å²) in [4.78, 5) is 0. The summed E-state index contributed by atoms with van der Waals surface area (Å²) in [5, 5.41) is 3.39. The Morgan fingerprint density at radius 2 is 1.53 bits per heavy atom. The number of rotatable bonds is 3. The van der Waals surface area contributed by atoms with Crippen LogP contribution in [-0.2, 0) is 0 Å². The van der Waals surface area contributed by atoms with Crippen LogP contribution in [0.4, 0.5) is 0 Å². The number of nitrogens with one attached hydrogen (secondary N) is 1. The van der Waals surface area contributed by atoms with Gasteiger partial charge >= 0.3 is 0 Å². The Morgan fingerprint density at radius 1 is 0.947 bits per heavy atom. The molecule has 0 amide bonds. The Labute approximate surface area is 152 Å². The van der Waals surface area contributed by atoms with E-state index in [-0.39, 0.29) is 6.04 Å². The maximum Gasteiger partial charge on any atom is 0.0596 e. The van der Waals surface area contributed by atoms with Gasteiger partial charge in [0, 0.05) is 17.0 Å². The molecule has 1 nitrogen and oxygen atoms in total. The van der Waals surface area contributed by atoms with E-state index in [4.69, 9.17) is 0 Å². The normalized spacial score (nSPS) is 12.5. The summed E-state index contributed by atoms with van der Waals surface area (Å²) in [5.74, 6) is 0. The molecule has 2 aromatic carbocycles. The van der Waals surface area contributed by atoms with Crippen molar-refractivity contribution in [2.24, 2.45) is 0 Å². The fraction of sp³-hybridized carbons (Fsp3) is 0.143. The molecule has 1 atom stereocenters. The predicted octanol–water partition coefficient (Wildman–Crippen LogP) is 5.89. The Bertz CT molecular complexity index is 550. The molecule has 0 heterocycles. The van der Waals surface area contributed by atoms with E-state index in [1.165, 1.54) is 14.7 Å². The molecule has 0 bridgehead atoms. The van der Waals surface area contributed by atoms with Gasteiger partial charge in [-0.2, -0.15) is 0 Å². The topological polar surface area (TPSA) is 12.0 Å². The standard InChI is InChI=1S/C14H11Br3IN/c1-19-14(10-6-8(15)2-4-12(10)17)11-7-9(16)3-5-13(11)18/h2-7,14,19H,1H3. The monoisotopic (exact) mass is 557 g/mol. The van der Waals surface area contributed by atoms with Crippen molar-refractivity contribution >= 4 is 70.4 Å². The zero-order valence-corrected chi connectivity index (χ0v) is 17.0. The number of hydrogen-bond acceptors (Lipinski definition) is 1. The van der Waals surface area contributed by atoms with E-state index >= 15 is 0 Å². The molecule has 19 heavy (non-hydrogen) atoms. The van der Waals surface area contributed by atoms with Crippen LogP contribution in [0.2, 0.25) is 0 Å². The van der Waals surface area contributed by atoms with E-state index in [0.29, 0.717) is 0 Å². The van der Waals surface area contributed by atoms with Crippen molar-refractivity contribution in [3.8, 4) is 0 Å². The summed E-state index contributed by atoms with van der Waals surface area (Å²) >= 11 is 13.1. The minimum Gasteiger partial charge on any atom is -0.309 e. The second-order valence-electron chi connectivity index (χ2n) is 4.05. The van der Waals surface area contributed by atoms with Gasteiger partial charge in [0.15, 0.2) is 0 Å². The number of benzene rings is 2. The first kappa shape index (κ1) is 15.9. The van der Waals surface area contributed by atoms with Gasteiger partial charge in [0.25, 0.3) is 0 Å².